The third-order valence-corrected chi connectivity index (χ3v) is 3.41. The van der Waals surface area contributed by atoms with Crippen molar-refractivity contribution in [2.45, 2.75) is 32.2 Å². The second-order valence-electron chi connectivity index (χ2n) is 4.36. The fourth-order valence-electron chi connectivity index (χ4n) is 2.26. The van der Waals surface area contributed by atoms with Crippen LogP contribution in [0.2, 0.25) is 0 Å². The number of rotatable bonds is 4. The number of fused-ring (bicyclic) bond motifs is 1. The molecule has 0 aliphatic carbocycles. The fourth-order valence-corrected chi connectivity index (χ4v) is 2.26. The average molecular weight is 233 g/mol. The quantitative estimate of drug-likeness (QED) is 0.868. The number of hydrogen-bond acceptors (Lipinski definition) is 4. The van der Waals surface area contributed by atoms with Crippen molar-refractivity contribution >= 4 is 11.0 Å². The van der Waals surface area contributed by atoms with Crippen LogP contribution in [0.15, 0.2) is 12.5 Å². The Hall–Kier alpha value is -1.49. The van der Waals surface area contributed by atoms with Gasteiger partial charge >= 0.3 is 0 Å². The SMILES string of the molecule is CCC(c1ncnc2c1cnn2C)C(C)NC. The highest BCUT2D eigenvalue weighted by Crippen LogP contribution is 2.26. The van der Waals surface area contributed by atoms with Crippen molar-refractivity contribution in [1.29, 1.82) is 0 Å². The van der Waals surface area contributed by atoms with Gasteiger partial charge in [0, 0.05) is 19.0 Å². The van der Waals surface area contributed by atoms with Crippen molar-refractivity contribution in [3.8, 4) is 0 Å². The van der Waals surface area contributed by atoms with Gasteiger partial charge in [-0.05, 0) is 20.4 Å². The molecule has 17 heavy (non-hydrogen) atoms. The van der Waals surface area contributed by atoms with Crippen LogP contribution < -0.4 is 5.32 Å². The van der Waals surface area contributed by atoms with Crippen LogP contribution in [0.1, 0.15) is 31.9 Å². The Kier molecular flexibility index (Phi) is 3.38. The number of nitrogens with one attached hydrogen (secondary N) is 1. The van der Waals surface area contributed by atoms with Gasteiger partial charge in [0.05, 0.1) is 17.3 Å². The topological polar surface area (TPSA) is 55.6 Å². The standard InChI is InChI=1S/C12H19N5/c1-5-9(8(2)13-3)11-10-6-16-17(4)12(10)15-7-14-11/h6-9,13H,5H2,1-4H3. The zero-order valence-corrected chi connectivity index (χ0v) is 10.8. The predicted molar refractivity (Wildman–Crippen MR) is 67.9 cm³/mol. The van der Waals surface area contributed by atoms with Gasteiger partial charge in [0.15, 0.2) is 5.65 Å². The predicted octanol–water partition coefficient (Wildman–Crippen LogP) is 1.46. The van der Waals surface area contributed by atoms with Crippen LogP contribution in [-0.4, -0.2) is 32.8 Å². The van der Waals surface area contributed by atoms with Crippen molar-refractivity contribution in [1.82, 2.24) is 25.1 Å². The maximum Gasteiger partial charge on any atom is 0.161 e. The largest absolute Gasteiger partial charge is 0.317 e. The summed E-state index contributed by atoms with van der Waals surface area (Å²) < 4.78 is 1.79. The second kappa shape index (κ2) is 4.79. The van der Waals surface area contributed by atoms with Crippen LogP contribution in [-0.2, 0) is 7.05 Å². The van der Waals surface area contributed by atoms with Gasteiger partial charge in [-0.1, -0.05) is 6.92 Å². The van der Waals surface area contributed by atoms with E-state index in [4.69, 9.17) is 0 Å². The first-order chi connectivity index (χ1) is 8.19. The Balaban J connectivity index is 2.53. The van der Waals surface area contributed by atoms with Crippen LogP contribution in [0, 0.1) is 0 Å². The van der Waals surface area contributed by atoms with Gasteiger partial charge in [-0.3, -0.25) is 4.68 Å². The molecule has 2 aromatic heterocycles. The Bertz CT molecular complexity index is 505. The van der Waals surface area contributed by atoms with Crippen LogP contribution >= 0.6 is 0 Å². The third-order valence-electron chi connectivity index (χ3n) is 3.41. The molecular formula is C12H19N5. The van der Waals surface area contributed by atoms with Crippen LogP contribution in [0.5, 0.6) is 0 Å². The molecule has 2 heterocycles. The molecule has 0 bridgehead atoms. The van der Waals surface area contributed by atoms with Gasteiger partial charge in [-0.15, -0.1) is 0 Å². The van der Waals surface area contributed by atoms with E-state index in [1.54, 1.807) is 11.0 Å². The zero-order valence-electron chi connectivity index (χ0n) is 10.8. The molecular weight excluding hydrogens is 214 g/mol. The van der Waals surface area contributed by atoms with E-state index < -0.39 is 0 Å². The van der Waals surface area contributed by atoms with Crippen molar-refractivity contribution in [3.05, 3.63) is 18.2 Å². The minimum atomic E-state index is 0.384. The molecule has 2 aromatic rings. The van der Waals surface area contributed by atoms with Crippen molar-refractivity contribution in [2.24, 2.45) is 7.05 Å². The van der Waals surface area contributed by atoms with Crippen LogP contribution in [0.3, 0.4) is 0 Å². The molecule has 0 aromatic carbocycles. The third kappa shape index (κ3) is 2.02. The van der Waals surface area contributed by atoms with E-state index in [9.17, 15) is 0 Å². The lowest BCUT2D eigenvalue weighted by molar-refractivity contribution is 0.476. The molecule has 5 nitrogen and oxygen atoms in total. The van der Waals surface area contributed by atoms with Gasteiger partial charge < -0.3 is 5.32 Å². The Morgan fingerprint density at radius 2 is 2.18 bits per heavy atom. The van der Waals surface area contributed by atoms with Gasteiger partial charge in [0.25, 0.3) is 0 Å². The van der Waals surface area contributed by atoms with Crippen molar-refractivity contribution < 1.29 is 0 Å². The molecule has 5 heteroatoms. The number of aromatic nitrogens is 4. The monoisotopic (exact) mass is 233 g/mol. The second-order valence-corrected chi connectivity index (χ2v) is 4.36. The molecule has 92 valence electrons. The maximum absolute atomic E-state index is 4.46. The molecule has 1 N–H and O–H groups in total. The van der Waals surface area contributed by atoms with Crippen LogP contribution in [0.4, 0.5) is 0 Å². The van der Waals surface area contributed by atoms with E-state index in [0.717, 1.165) is 23.1 Å². The lowest BCUT2D eigenvalue weighted by Crippen LogP contribution is -2.29. The molecule has 0 aliphatic heterocycles. The smallest absolute Gasteiger partial charge is 0.161 e. The van der Waals surface area contributed by atoms with E-state index in [1.165, 1.54) is 0 Å². The molecule has 2 unspecified atom stereocenters. The summed E-state index contributed by atoms with van der Waals surface area (Å²) in [5.74, 6) is 0.384. The summed E-state index contributed by atoms with van der Waals surface area (Å²) in [6.45, 7) is 4.36. The summed E-state index contributed by atoms with van der Waals surface area (Å²) in [5, 5.41) is 8.61. The van der Waals surface area contributed by atoms with Crippen molar-refractivity contribution in [3.63, 3.8) is 0 Å². The molecule has 0 radical (unpaired) electrons. The summed E-state index contributed by atoms with van der Waals surface area (Å²) in [5.41, 5.74) is 1.99. The highest BCUT2D eigenvalue weighted by Gasteiger charge is 2.21. The Morgan fingerprint density at radius 1 is 1.41 bits per heavy atom. The molecule has 0 spiro atoms. The normalized spacial score (nSPS) is 15.1. The van der Waals surface area contributed by atoms with Gasteiger partial charge in [-0.2, -0.15) is 5.10 Å². The molecule has 0 amide bonds. The summed E-state index contributed by atoms with van der Waals surface area (Å²) in [4.78, 5) is 8.73. The summed E-state index contributed by atoms with van der Waals surface area (Å²) >= 11 is 0. The molecule has 2 atom stereocenters. The Labute approximate surface area is 101 Å². The molecule has 0 fully saturated rings. The van der Waals surface area contributed by atoms with E-state index in [0.29, 0.717) is 12.0 Å². The summed E-state index contributed by atoms with van der Waals surface area (Å²) in [7, 11) is 3.89. The first kappa shape index (κ1) is 12.0. The number of hydrogen-bond donors (Lipinski definition) is 1. The first-order valence-corrected chi connectivity index (χ1v) is 5.98. The highest BCUT2D eigenvalue weighted by atomic mass is 15.3. The Morgan fingerprint density at radius 3 is 2.82 bits per heavy atom. The first-order valence-electron chi connectivity index (χ1n) is 5.98. The summed E-state index contributed by atoms with van der Waals surface area (Å²) in [6, 6.07) is 0.387. The minimum absolute atomic E-state index is 0.384. The van der Waals surface area contributed by atoms with E-state index in [1.807, 2.05) is 20.3 Å². The maximum atomic E-state index is 4.46. The molecule has 0 aliphatic rings. The number of likely N-dealkylation sites (N-methyl/N-ethyl adjacent to an activating group) is 1. The van der Waals surface area contributed by atoms with Gasteiger partial charge in [0.1, 0.15) is 6.33 Å². The van der Waals surface area contributed by atoms with E-state index in [-0.39, 0.29) is 0 Å². The van der Waals surface area contributed by atoms with E-state index >= 15 is 0 Å². The van der Waals surface area contributed by atoms with Gasteiger partial charge in [0.2, 0.25) is 0 Å². The fraction of sp³-hybridized carbons (Fsp3) is 0.583. The molecule has 2 rings (SSSR count). The van der Waals surface area contributed by atoms with E-state index in [2.05, 4.69) is 34.2 Å². The lowest BCUT2D eigenvalue weighted by Gasteiger charge is -2.21. The number of nitrogens with zero attached hydrogens (tertiary/aromatic N) is 4. The minimum Gasteiger partial charge on any atom is -0.317 e. The lowest BCUT2D eigenvalue weighted by atomic mass is 9.93. The van der Waals surface area contributed by atoms with Crippen molar-refractivity contribution in [2.75, 3.05) is 7.05 Å². The van der Waals surface area contributed by atoms with Crippen LogP contribution in [0.25, 0.3) is 11.0 Å². The highest BCUT2D eigenvalue weighted by molar-refractivity contribution is 5.77. The zero-order chi connectivity index (χ0) is 12.4. The molecule has 0 saturated carbocycles. The molecule has 0 saturated heterocycles. The summed E-state index contributed by atoms with van der Waals surface area (Å²) in [6.07, 6.45) is 4.53. The average Bonchev–Trinajstić information content (AvgIpc) is 2.73. The van der Waals surface area contributed by atoms with Gasteiger partial charge in [-0.25, -0.2) is 9.97 Å². The number of aryl methyl sites for hydroxylation is 1.